The minimum atomic E-state index is -0.474. The van der Waals surface area contributed by atoms with Gasteiger partial charge in [0.1, 0.15) is 12.2 Å². The number of carbonyl (C=O) groups excluding carboxylic acids is 2. The number of hydrogen-bond donors (Lipinski definition) is 1. The van der Waals surface area contributed by atoms with E-state index in [1.54, 1.807) is 42.5 Å². The van der Waals surface area contributed by atoms with Crippen LogP contribution in [0.3, 0.4) is 0 Å². The van der Waals surface area contributed by atoms with Gasteiger partial charge < -0.3 is 9.47 Å². The van der Waals surface area contributed by atoms with Crippen LogP contribution in [0.15, 0.2) is 66.2 Å². The normalized spacial score (nSPS) is 14.5. The van der Waals surface area contributed by atoms with Crippen LogP contribution in [0.4, 0.5) is 5.69 Å². The molecule has 1 saturated heterocycles. The second kappa shape index (κ2) is 10.0. The van der Waals surface area contributed by atoms with Crippen molar-refractivity contribution in [3.63, 3.8) is 0 Å². The molecule has 0 aliphatic carbocycles. The molecular weight excluding hydrogens is 578 g/mol. The highest BCUT2D eigenvalue weighted by atomic mass is 127. The van der Waals surface area contributed by atoms with Gasteiger partial charge in [-0.1, -0.05) is 47.5 Å². The van der Waals surface area contributed by atoms with Gasteiger partial charge in [-0.15, -0.1) is 0 Å². The number of rotatable bonds is 6. The molecule has 9 heteroatoms. The molecule has 0 atom stereocenters. The van der Waals surface area contributed by atoms with Gasteiger partial charge in [-0.25, -0.2) is 5.01 Å². The summed E-state index contributed by atoms with van der Waals surface area (Å²) in [7, 11) is 1.53. The first kappa shape index (κ1) is 23.4. The Kier molecular flexibility index (Phi) is 7.11. The molecule has 168 valence electrons. The van der Waals surface area contributed by atoms with Crippen molar-refractivity contribution in [3.8, 4) is 11.5 Å². The Bertz CT molecular complexity index is 1260. The molecule has 3 aromatic rings. The molecule has 3 aromatic carbocycles. The molecule has 0 unspecified atom stereocenters. The minimum Gasteiger partial charge on any atom is -0.493 e. The maximum absolute atomic E-state index is 12.8. The summed E-state index contributed by atoms with van der Waals surface area (Å²) in [5.41, 5.74) is 4.68. The zero-order chi connectivity index (χ0) is 23.5. The third-order valence-electron chi connectivity index (χ3n) is 4.84. The Morgan fingerprint density at radius 3 is 2.48 bits per heavy atom. The van der Waals surface area contributed by atoms with Crippen molar-refractivity contribution in [1.82, 2.24) is 5.43 Å². The molecule has 2 amide bonds. The lowest BCUT2D eigenvalue weighted by Crippen LogP contribution is -2.35. The molecule has 1 fully saturated rings. The molecule has 1 aliphatic rings. The van der Waals surface area contributed by atoms with Crippen LogP contribution in [0.2, 0.25) is 10.0 Å². The van der Waals surface area contributed by atoms with Crippen LogP contribution in [0.1, 0.15) is 11.1 Å². The van der Waals surface area contributed by atoms with Crippen LogP contribution >= 0.6 is 45.8 Å². The minimum absolute atomic E-state index is 0.0289. The van der Waals surface area contributed by atoms with Crippen LogP contribution in [-0.2, 0) is 16.2 Å². The third kappa shape index (κ3) is 5.10. The fourth-order valence-corrected chi connectivity index (χ4v) is 4.33. The number of anilines is 1. The van der Waals surface area contributed by atoms with E-state index in [0.29, 0.717) is 32.8 Å². The summed E-state index contributed by atoms with van der Waals surface area (Å²) in [6.07, 6.45) is 1.54. The third-order valence-corrected chi connectivity index (χ3v) is 6.38. The van der Waals surface area contributed by atoms with Gasteiger partial charge >= 0.3 is 0 Å². The van der Waals surface area contributed by atoms with E-state index in [2.05, 4.69) is 28.0 Å². The molecular formula is C24H17Cl2IN2O4. The predicted molar refractivity (Wildman–Crippen MR) is 137 cm³/mol. The number of hydrazine groups is 1. The van der Waals surface area contributed by atoms with Crippen LogP contribution in [0.5, 0.6) is 11.5 Å². The predicted octanol–water partition coefficient (Wildman–Crippen LogP) is 5.65. The maximum Gasteiger partial charge on any atom is 0.282 e. The van der Waals surface area contributed by atoms with Gasteiger partial charge in [-0.05, 0) is 76.2 Å². The lowest BCUT2D eigenvalue weighted by molar-refractivity contribution is -0.117. The Hall–Kier alpha value is -2.75. The highest BCUT2D eigenvalue weighted by Crippen LogP contribution is 2.36. The van der Waals surface area contributed by atoms with Crippen LogP contribution in [0, 0.1) is 3.57 Å². The van der Waals surface area contributed by atoms with Crippen LogP contribution in [0.25, 0.3) is 6.08 Å². The summed E-state index contributed by atoms with van der Waals surface area (Å²) < 4.78 is 12.2. The molecule has 1 N–H and O–H groups in total. The average molecular weight is 595 g/mol. The topological polar surface area (TPSA) is 67.9 Å². The number of para-hydroxylation sites is 1. The zero-order valence-corrected chi connectivity index (χ0v) is 20.9. The molecule has 1 heterocycles. The number of ether oxygens (including phenoxy) is 2. The summed E-state index contributed by atoms with van der Waals surface area (Å²) in [6, 6.07) is 17.7. The van der Waals surface area contributed by atoms with Crippen molar-refractivity contribution in [2.45, 2.75) is 6.61 Å². The second-order valence-electron chi connectivity index (χ2n) is 7.05. The van der Waals surface area contributed by atoms with Gasteiger partial charge in [0.15, 0.2) is 11.5 Å². The Balaban J connectivity index is 1.58. The number of carbonyl (C=O) groups is 2. The number of hydrogen-bond acceptors (Lipinski definition) is 4. The number of benzene rings is 3. The fourth-order valence-electron chi connectivity index (χ4n) is 3.23. The van der Waals surface area contributed by atoms with E-state index in [1.807, 2.05) is 18.2 Å². The summed E-state index contributed by atoms with van der Waals surface area (Å²) in [5.74, 6) is 0.108. The summed E-state index contributed by atoms with van der Waals surface area (Å²) in [6.45, 7) is 0.261. The van der Waals surface area contributed by atoms with Gasteiger partial charge in [0.2, 0.25) is 0 Å². The molecule has 0 spiro atoms. The van der Waals surface area contributed by atoms with Gasteiger partial charge in [0.05, 0.1) is 26.4 Å². The Morgan fingerprint density at radius 1 is 1.03 bits per heavy atom. The second-order valence-corrected chi connectivity index (χ2v) is 9.02. The van der Waals surface area contributed by atoms with Crippen molar-refractivity contribution in [2.75, 3.05) is 12.1 Å². The van der Waals surface area contributed by atoms with Gasteiger partial charge in [0, 0.05) is 0 Å². The van der Waals surface area contributed by atoms with Gasteiger partial charge in [0.25, 0.3) is 11.8 Å². The number of amides is 2. The molecule has 0 saturated carbocycles. The van der Waals surface area contributed by atoms with Gasteiger partial charge in [-0.2, -0.15) is 0 Å². The van der Waals surface area contributed by atoms with Crippen molar-refractivity contribution in [2.24, 2.45) is 0 Å². The van der Waals surface area contributed by atoms with Crippen molar-refractivity contribution < 1.29 is 19.1 Å². The molecule has 33 heavy (non-hydrogen) atoms. The summed E-state index contributed by atoms with van der Waals surface area (Å²) in [5, 5.41) is 2.15. The lowest BCUT2D eigenvalue weighted by atomic mass is 10.1. The smallest absolute Gasteiger partial charge is 0.282 e. The quantitative estimate of drug-likeness (QED) is 0.228. The molecule has 0 aromatic heterocycles. The summed E-state index contributed by atoms with van der Waals surface area (Å²) in [4.78, 5) is 25.3. The Morgan fingerprint density at radius 2 is 1.79 bits per heavy atom. The molecule has 4 rings (SSSR count). The molecule has 1 aliphatic heterocycles. The first-order valence-corrected chi connectivity index (χ1v) is 11.6. The number of halogens is 3. The highest BCUT2D eigenvalue weighted by molar-refractivity contribution is 14.1. The number of methoxy groups -OCH3 is 1. The number of nitrogens with one attached hydrogen (secondary N) is 1. The van der Waals surface area contributed by atoms with Crippen molar-refractivity contribution >= 4 is 69.4 Å². The van der Waals surface area contributed by atoms with E-state index in [1.165, 1.54) is 18.2 Å². The molecule has 6 nitrogen and oxygen atoms in total. The zero-order valence-electron chi connectivity index (χ0n) is 17.3. The van der Waals surface area contributed by atoms with Crippen molar-refractivity contribution in [1.29, 1.82) is 0 Å². The first-order chi connectivity index (χ1) is 15.9. The van der Waals surface area contributed by atoms with Crippen LogP contribution in [-0.4, -0.2) is 18.9 Å². The molecule has 0 radical (unpaired) electrons. The van der Waals surface area contributed by atoms with E-state index in [0.717, 1.165) is 9.13 Å². The average Bonchev–Trinajstić information content (AvgIpc) is 3.09. The molecule has 0 bridgehead atoms. The summed E-state index contributed by atoms with van der Waals surface area (Å²) >= 11 is 14.2. The monoisotopic (exact) mass is 594 g/mol. The standard InChI is InChI=1S/C24H17Cl2IN2O4/c1-32-21-12-15(9-17-23(30)28-29(24(17)31)16-5-3-2-4-6-16)11-20(27)22(21)33-13-14-7-8-18(25)19(26)10-14/h2-12H,13H2,1H3,(H,28,30)/b17-9-. The fraction of sp³-hybridized carbons (Fsp3) is 0.0833. The maximum atomic E-state index is 12.8. The highest BCUT2D eigenvalue weighted by Gasteiger charge is 2.34. The van der Waals surface area contributed by atoms with E-state index in [9.17, 15) is 9.59 Å². The van der Waals surface area contributed by atoms with Crippen LogP contribution < -0.4 is 19.9 Å². The lowest BCUT2D eigenvalue weighted by Gasteiger charge is -2.14. The largest absolute Gasteiger partial charge is 0.493 e. The van der Waals surface area contributed by atoms with E-state index >= 15 is 0 Å². The first-order valence-electron chi connectivity index (χ1n) is 9.74. The Labute approximate surface area is 214 Å². The number of nitrogens with zero attached hydrogens (tertiary/aromatic N) is 1. The van der Waals surface area contributed by atoms with Gasteiger partial charge in [-0.3, -0.25) is 15.0 Å². The SMILES string of the molecule is COc1cc(/C=C2/C(=O)NN(c3ccccc3)C2=O)cc(I)c1OCc1ccc(Cl)c(Cl)c1. The van der Waals surface area contributed by atoms with E-state index in [4.69, 9.17) is 32.7 Å². The van der Waals surface area contributed by atoms with Crippen molar-refractivity contribution in [3.05, 3.63) is 91.0 Å². The van der Waals surface area contributed by atoms with E-state index < -0.39 is 11.8 Å². The van der Waals surface area contributed by atoms with E-state index in [-0.39, 0.29) is 12.2 Å².